The summed E-state index contributed by atoms with van der Waals surface area (Å²) in [5.41, 5.74) is 1.78. The molecular weight excluding hydrogens is 358 g/mol. The Bertz CT molecular complexity index is 966. The molecule has 0 atom stereocenters. The van der Waals surface area contributed by atoms with Gasteiger partial charge >= 0.3 is 5.97 Å². The predicted molar refractivity (Wildman–Crippen MR) is 103 cm³/mol. The second kappa shape index (κ2) is 8.43. The minimum Gasteiger partial charge on any atom is -0.459 e. The third-order valence-corrected chi connectivity index (χ3v) is 3.96. The van der Waals surface area contributed by atoms with Gasteiger partial charge in [-0.05, 0) is 50.1 Å². The van der Waals surface area contributed by atoms with E-state index in [9.17, 15) is 9.59 Å². The van der Waals surface area contributed by atoms with Gasteiger partial charge in [0.25, 0.3) is 5.91 Å². The van der Waals surface area contributed by atoms with Crippen molar-refractivity contribution in [2.75, 3.05) is 5.32 Å². The zero-order chi connectivity index (χ0) is 20.1. The number of aromatic nitrogens is 4. The first-order valence-electron chi connectivity index (χ1n) is 8.95. The van der Waals surface area contributed by atoms with Gasteiger partial charge in [-0.15, -0.1) is 10.2 Å². The Labute approximate surface area is 162 Å². The van der Waals surface area contributed by atoms with E-state index in [1.165, 1.54) is 0 Å². The number of aryl methyl sites for hydroxylation is 1. The van der Waals surface area contributed by atoms with Crippen LogP contribution in [-0.4, -0.2) is 37.7 Å². The lowest BCUT2D eigenvalue weighted by molar-refractivity contribution is 0.0379. The number of amides is 1. The van der Waals surface area contributed by atoms with Crippen molar-refractivity contribution in [3.8, 4) is 5.82 Å². The summed E-state index contributed by atoms with van der Waals surface area (Å²) < 4.78 is 6.97. The normalized spacial score (nSPS) is 10.7. The maximum absolute atomic E-state index is 12.6. The smallest absolute Gasteiger partial charge is 0.340 e. The third-order valence-electron chi connectivity index (χ3n) is 3.96. The zero-order valence-corrected chi connectivity index (χ0v) is 15.9. The average molecular weight is 379 g/mol. The van der Waals surface area contributed by atoms with Crippen molar-refractivity contribution in [1.82, 2.24) is 19.7 Å². The first-order valence-corrected chi connectivity index (χ1v) is 8.95. The lowest BCUT2D eigenvalue weighted by Gasteiger charge is -2.14. The van der Waals surface area contributed by atoms with E-state index in [2.05, 4.69) is 20.5 Å². The van der Waals surface area contributed by atoms with Gasteiger partial charge in [-0.2, -0.15) is 0 Å². The molecule has 0 bridgehead atoms. The molecule has 3 rings (SSSR count). The Hall–Kier alpha value is -3.55. The molecule has 0 fully saturated rings. The number of nitrogens with zero attached hydrogens (tertiary/aromatic N) is 4. The van der Waals surface area contributed by atoms with Crippen LogP contribution in [0.3, 0.4) is 0 Å². The fraction of sp³-hybridized carbons (Fsp3) is 0.250. The summed E-state index contributed by atoms with van der Waals surface area (Å²) in [6, 6.07) is 8.51. The van der Waals surface area contributed by atoms with E-state index in [-0.39, 0.29) is 11.8 Å². The van der Waals surface area contributed by atoms with Crippen LogP contribution in [0.4, 0.5) is 5.69 Å². The molecule has 0 unspecified atom stereocenters. The minimum atomic E-state index is -0.484. The summed E-state index contributed by atoms with van der Waals surface area (Å²) in [4.78, 5) is 29.0. The van der Waals surface area contributed by atoms with E-state index in [4.69, 9.17) is 4.74 Å². The van der Waals surface area contributed by atoms with Crippen LogP contribution in [0.15, 0.2) is 49.1 Å². The fourth-order valence-corrected chi connectivity index (χ4v) is 2.53. The number of esters is 1. The highest BCUT2D eigenvalue weighted by atomic mass is 16.5. The van der Waals surface area contributed by atoms with Crippen LogP contribution in [0.2, 0.25) is 0 Å². The summed E-state index contributed by atoms with van der Waals surface area (Å²) in [5, 5.41) is 10.7. The Balaban J connectivity index is 1.82. The SMILES string of the molecule is CCc1ccc(NC(=O)c2ccc(-n3ccnc3)nn2)c(C(=O)OC(C)C)c1. The molecule has 0 saturated carbocycles. The summed E-state index contributed by atoms with van der Waals surface area (Å²) in [6.07, 6.45) is 5.44. The largest absolute Gasteiger partial charge is 0.459 e. The van der Waals surface area contributed by atoms with Gasteiger partial charge in [0.1, 0.15) is 6.33 Å². The molecule has 2 heterocycles. The molecule has 2 aromatic heterocycles. The number of nitrogens with one attached hydrogen (secondary N) is 1. The molecule has 0 aliphatic carbocycles. The van der Waals surface area contributed by atoms with E-state index in [1.54, 1.807) is 61.4 Å². The van der Waals surface area contributed by atoms with Crippen LogP contribution in [-0.2, 0) is 11.2 Å². The fourth-order valence-electron chi connectivity index (χ4n) is 2.53. The maximum atomic E-state index is 12.6. The van der Waals surface area contributed by atoms with Crippen molar-refractivity contribution >= 4 is 17.6 Å². The lowest BCUT2D eigenvalue weighted by Crippen LogP contribution is -2.19. The number of anilines is 1. The Morgan fingerprint density at radius 2 is 2.00 bits per heavy atom. The first-order chi connectivity index (χ1) is 13.5. The molecule has 3 aromatic rings. The lowest BCUT2D eigenvalue weighted by atomic mass is 10.1. The van der Waals surface area contributed by atoms with E-state index in [1.807, 2.05) is 13.0 Å². The predicted octanol–water partition coefficient (Wildman–Crippen LogP) is 3.04. The Morgan fingerprint density at radius 1 is 1.18 bits per heavy atom. The molecule has 8 heteroatoms. The molecule has 0 aliphatic heterocycles. The molecule has 0 aliphatic rings. The zero-order valence-electron chi connectivity index (χ0n) is 15.9. The quantitative estimate of drug-likeness (QED) is 0.661. The molecule has 1 N–H and O–H groups in total. The van der Waals surface area contributed by atoms with Crippen molar-refractivity contribution in [2.24, 2.45) is 0 Å². The van der Waals surface area contributed by atoms with Gasteiger partial charge < -0.3 is 10.1 Å². The molecule has 8 nitrogen and oxygen atoms in total. The molecule has 1 amide bonds. The number of hydrogen-bond donors (Lipinski definition) is 1. The summed E-state index contributed by atoms with van der Waals surface area (Å²) in [6.45, 7) is 5.54. The van der Waals surface area contributed by atoms with E-state index >= 15 is 0 Å². The van der Waals surface area contributed by atoms with Crippen LogP contribution < -0.4 is 5.32 Å². The molecule has 0 spiro atoms. The molecule has 1 aromatic carbocycles. The molecule has 0 radical (unpaired) electrons. The van der Waals surface area contributed by atoms with E-state index in [0.29, 0.717) is 17.1 Å². The second-order valence-corrected chi connectivity index (χ2v) is 6.39. The highest BCUT2D eigenvalue weighted by Crippen LogP contribution is 2.21. The van der Waals surface area contributed by atoms with Gasteiger partial charge in [0.05, 0.1) is 17.4 Å². The number of imidazole rings is 1. The van der Waals surface area contributed by atoms with Crippen molar-refractivity contribution in [3.63, 3.8) is 0 Å². The summed E-state index contributed by atoms with van der Waals surface area (Å²) >= 11 is 0. The van der Waals surface area contributed by atoms with Gasteiger partial charge in [-0.1, -0.05) is 13.0 Å². The molecule has 144 valence electrons. The number of carbonyl (C=O) groups is 2. The highest BCUT2D eigenvalue weighted by molar-refractivity contribution is 6.07. The van der Waals surface area contributed by atoms with Gasteiger partial charge in [0.2, 0.25) is 0 Å². The summed E-state index contributed by atoms with van der Waals surface area (Å²) in [5.74, 6) is -0.405. The molecular formula is C20H21N5O3. The first kappa shape index (κ1) is 19.2. The summed E-state index contributed by atoms with van der Waals surface area (Å²) in [7, 11) is 0. The number of hydrogen-bond acceptors (Lipinski definition) is 6. The van der Waals surface area contributed by atoms with E-state index in [0.717, 1.165) is 12.0 Å². The number of benzene rings is 1. The average Bonchev–Trinajstić information content (AvgIpc) is 3.22. The van der Waals surface area contributed by atoms with Crippen molar-refractivity contribution in [1.29, 1.82) is 0 Å². The highest BCUT2D eigenvalue weighted by Gasteiger charge is 2.18. The van der Waals surface area contributed by atoms with E-state index < -0.39 is 11.9 Å². The standard InChI is InChI=1S/C20H21N5O3/c1-4-14-5-6-16(15(11-14)20(27)28-13(2)3)22-19(26)17-7-8-18(24-23-17)25-10-9-21-12-25/h5-13H,4H2,1-3H3,(H,22,26). The van der Waals surface area contributed by atoms with Gasteiger partial charge in [0, 0.05) is 12.4 Å². The number of ether oxygens (including phenoxy) is 1. The van der Waals surface area contributed by atoms with Crippen molar-refractivity contribution in [2.45, 2.75) is 33.3 Å². The maximum Gasteiger partial charge on any atom is 0.340 e. The van der Waals surface area contributed by atoms with Gasteiger partial charge in [-0.3, -0.25) is 9.36 Å². The topological polar surface area (TPSA) is 99.0 Å². The Morgan fingerprint density at radius 3 is 2.61 bits per heavy atom. The second-order valence-electron chi connectivity index (χ2n) is 6.39. The third kappa shape index (κ3) is 4.40. The van der Waals surface area contributed by atoms with Crippen LogP contribution in [0, 0.1) is 0 Å². The van der Waals surface area contributed by atoms with Gasteiger partial charge in [-0.25, -0.2) is 9.78 Å². The molecule has 0 saturated heterocycles. The monoisotopic (exact) mass is 379 g/mol. The number of carbonyl (C=O) groups excluding carboxylic acids is 2. The van der Waals surface area contributed by atoms with Crippen molar-refractivity contribution < 1.29 is 14.3 Å². The van der Waals surface area contributed by atoms with Crippen LogP contribution >= 0.6 is 0 Å². The number of rotatable bonds is 6. The van der Waals surface area contributed by atoms with Crippen molar-refractivity contribution in [3.05, 3.63) is 65.9 Å². The Kier molecular flexibility index (Phi) is 5.78. The van der Waals surface area contributed by atoms with Crippen LogP contribution in [0.25, 0.3) is 5.82 Å². The molecule has 28 heavy (non-hydrogen) atoms. The van der Waals surface area contributed by atoms with Gasteiger partial charge in [0.15, 0.2) is 11.5 Å². The minimum absolute atomic E-state index is 0.131. The van der Waals surface area contributed by atoms with Crippen LogP contribution in [0.5, 0.6) is 0 Å². The van der Waals surface area contributed by atoms with Crippen LogP contribution in [0.1, 0.15) is 47.2 Å².